The number of allylic oxidation sites excluding steroid dienone is 2. The number of halogens is 6. The van der Waals surface area contributed by atoms with E-state index in [4.69, 9.17) is 27.7 Å². The molecule has 0 saturated heterocycles. The van der Waals surface area contributed by atoms with E-state index < -0.39 is 15.6 Å². The van der Waals surface area contributed by atoms with E-state index in [1.165, 1.54) is 33.9 Å². The van der Waals surface area contributed by atoms with E-state index in [-0.39, 0.29) is 59.6 Å². The number of fused-ring (bicyclic) bond motifs is 6. The van der Waals surface area contributed by atoms with Gasteiger partial charge in [0, 0.05) is 70.8 Å². The van der Waals surface area contributed by atoms with E-state index in [2.05, 4.69) is 208 Å². The molecule has 0 amide bonds. The zero-order valence-corrected chi connectivity index (χ0v) is 45.6. The number of rotatable bonds is 6. The smallest absolute Gasteiger partial charge is 0.485 e. The molecule has 0 radical (unpaired) electrons. The van der Waals surface area contributed by atoms with Gasteiger partial charge < -0.3 is 58.1 Å². The number of nitrogens with zero attached hydrogens (tertiary/aromatic N) is 6. The van der Waals surface area contributed by atoms with Gasteiger partial charge in [-0.1, -0.05) is 78.9 Å². The maximum atomic E-state index is 10.7. The van der Waals surface area contributed by atoms with Crippen LogP contribution in [0.25, 0.3) is 56.3 Å². The molecule has 0 bridgehead atoms. The molecule has 2 aliphatic heterocycles. The van der Waals surface area contributed by atoms with Crippen molar-refractivity contribution in [1.29, 1.82) is 0 Å². The van der Waals surface area contributed by atoms with Gasteiger partial charge in [0.1, 0.15) is 44.7 Å². The predicted molar refractivity (Wildman–Crippen MR) is 266 cm³/mol. The number of hydrogen-bond acceptors (Lipinski definition) is 6. The minimum absolute atomic E-state index is 0. The van der Waals surface area contributed by atoms with Crippen molar-refractivity contribution in [2.24, 2.45) is 14.1 Å². The van der Waals surface area contributed by atoms with Crippen molar-refractivity contribution in [1.82, 2.24) is 9.97 Å². The molecule has 8 aromatic rings. The number of hydrogen-bond donors (Lipinski definition) is 0. The highest BCUT2D eigenvalue weighted by Crippen LogP contribution is 2.40. The van der Waals surface area contributed by atoms with E-state index in [9.17, 15) is 13.2 Å². The van der Waals surface area contributed by atoms with Gasteiger partial charge in [-0.3, -0.25) is 0 Å². The van der Waals surface area contributed by atoms with E-state index >= 15 is 0 Å². The van der Waals surface area contributed by atoms with E-state index in [0.717, 1.165) is 61.0 Å². The molecule has 2 aromatic heterocycles. The summed E-state index contributed by atoms with van der Waals surface area (Å²) in [5.74, 6) is 0.822. The van der Waals surface area contributed by atoms with Crippen molar-refractivity contribution < 1.29 is 98.0 Å². The summed E-state index contributed by atoms with van der Waals surface area (Å²) in [4.78, 5) is 10.1. The number of ether oxygens (including phenoxy) is 1. The average Bonchev–Trinajstić information content (AvgIpc) is 3.64. The third-order valence-corrected chi connectivity index (χ3v) is 13.7. The molecule has 0 saturated carbocycles. The fourth-order valence-electron chi connectivity index (χ4n) is 9.59. The van der Waals surface area contributed by atoms with Gasteiger partial charge in [0.15, 0.2) is 32.8 Å². The van der Waals surface area contributed by atoms with Gasteiger partial charge in [-0.25, -0.2) is 18.4 Å². The average molecular weight is 1150 g/mol. The van der Waals surface area contributed by atoms with Crippen LogP contribution in [0, 0.1) is 0 Å². The quantitative estimate of drug-likeness (QED) is 0.0820. The number of alkyl halides is 3. The van der Waals surface area contributed by atoms with Gasteiger partial charge in [-0.15, -0.1) is 0 Å². The molecule has 6 aromatic carbocycles. The van der Waals surface area contributed by atoms with Gasteiger partial charge >= 0.3 is 5.51 Å². The topological polar surface area (TPSA) is 106 Å². The molecule has 0 N–H and O–H groups in total. The summed E-state index contributed by atoms with van der Waals surface area (Å²) in [7, 11) is 2.42. The molecule has 4 heterocycles. The summed E-state index contributed by atoms with van der Waals surface area (Å²) >= 11 is 0. The lowest BCUT2D eigenvalue weighted by atomic mass is 9.81. The molecule has 2 aliphatic rings. The first-order chi connectivity index (χ1) is 32.7. The molecule has 0 atom stereocenters. The van der Waals surface area contributed by atoms with Crippen molar-refractivity contribution in [3.8, 4) is 5.75 Å². The van der Waals surface area contributed by atoms with E-state index in [1.807, 2.05) is 25.1 Å². The van der Waals surface area contributed by atoms with Gasteiger partial charge in [0.2, 0.25) is 33.4 Å². The summed E-state index contributed by atoms with van der Waals surface area (Å²) in [5.41, 5.74) is 12.7. The monoisotopic (exact) mass is 1150 g/mol. The fraction of sp³-hybridized carbons (Fsp3) is 0.236. The molecule has 0 aliphatic carbocycles. The Morgan fingerprint density at radius 3 is 1.42 bits per heavy atom. The second-order valence-electron chi connectivity index (χ2n) is 18.1. The molecule has 376 valence electrons. The first kappa shape index (κ1) is 57.1. The van der Waals surface area contributed by atoms with E-state index in [1.54, 1.807) is 0 Å². The largest absolute Gasteiger partial charge is 1.00 e. The van der Waals surface area contributed by atoms with Gasteiger partial charge in [-0.05, 0) is 58.9 Å². The Morgan fingerprint density at radius 1 is 0.569 bits per heavy atom. The molecular formula is C55H54Cl2F3IN6O4S. The van der Waals surface area contributed by atoms with Crippen molar-refractivity contribution >= 4 is 89.2 Å². The Bertz CT molecular complexity index is 3620. The summed E-state index contributed by atoms with van der Waals surface area (Å²) in [5, 5.41) is 0. The van der Waals surface area contributed by atoms with Crippen LogP contribution in [-0.2, 0) is 35.0 Å². The van der Waals surface area contributed by atoms with Gasteiger partial charge in [0.05, 0.1) is 17.4 Å². The maximum absolute atomic E-state index is 10.7. The third-order valence-electron chi connectivity index (χ3n) is 13.2. The van der Waals surface area contributed by atoms with Gasteiger partial charge in [-0.2, -0.15) is 31.5 Å². The Labute approximate surface area is 447 Å². The second kappa shape index (κ2) is 22.1. The lowest BCUT2D eigenvalue weighted by Gasteiger charge is -2.15. The lowest BCUT2D eigenvalue weighted by Crippen LogP contribution is -3.00. The highest BCUT2D eigenvalue weighted by Gasteiger charge is 2.44. The first-order valence-electron chi connectivity index (χ1n) is 22.5. The normalized spacial score (nSPS) is 14.6. The van der Waals surface area contributed by atoms with Crippen molar-refractivity contribution in [3.05, 3.63) is 162 Å². The first-order valence-corrected chi connectivity index (χ1v) is 23.9. The van der Waals surface area contributed by atoms with Crippen LogP contribution in [0.3, 0.4) is 0 Å². The summed E-state index contributed by atoms with van der Waals surface area (Å²) in [6.07, 6.45) is 8.91. The van der Waals surface area contributed by atoms with Crippen LogP contribution in [0.5, 0.6) is 5.75 Å². The Hall–Kier alpha value is -5.85. The Kier molecular flexibility index (Phi) is 17.5. The minimum atomic E-state index is -6.09. The lowest BCUT2D eigenvalue weighted by molar-refractivity contribution is -0.618. The SMILES string of the molecule is CCOc1cccc2c1nc1c(/C=C/C3=[N+](C)c4ccccc4C3(C)C)cccc1[n+]2C.C[N+]1=C(/C=C/c2cccc3c2nc2ccccc2[n+]3C)C(C)(C)c2ccccc21.O=S(=O)([O-])C(F)(F)F.[Cl-].[Cl-].[I-]. The molecule has 10 rings (SSSR count). The highest BCUT2D eigenvalue weighted by molar-refractivity contribution is 7.86. The second-order valence-corrected chi connectivity index (χ2v) is 19.4. The molecule has 17 heteroatoms. The molecule has 0 fully saturated rings. The summed E-state index contributed by atoms with van der Waals surface area (Å²) in [6.45, 7) is 11.8. The van der Waals surface area contributed by atoms with Crippen LogP contribution in [0.2, 0.25) is 0 Å². The van der Waals surface area contributed by atoms with Crippen LogP contribution in [0.4, 0.5) is 24.5 Å². The highest BCUT2D eigenvalue weighted by atomic mass is 127. The number of aromatic nitrogens is 4. The van der Waals surface area contributed by atoms with Gasteiger partial charge in [0.25, 0.3) is 0 Å². The van der Waals surface area contributed by atoms with E-state index in [0.29, 0.717) is 6.61 Å². The van der Waals surface area contributed by atoms with Crippen LogP contribution in [0.1, 0.15) is 56.9 Å². The van der Waals surface area contributed by atoms with Crippen molar-refractivity contribution in [2.75, 3.05) is 20.7 Å². The Balaban J connectivity index is 0.000000225. The maximum Gasteiger partial charge on any atom is 0.485 e. The zero-order valence-electron chi connectivity index (χ0n) is 41.1. The predicted octanol–water partition coefficient (Wildman–Crippen LogP) is 1.33. The standard InChI is InChI=1S/C28H29N3O.C26H25N3.CHF3O3S.2ClH.HI/c1-6-32-24-16-10-15-23-27(24)29-26-19(11-9-14-22(26)30(23)4)17-18-25-28(2,3)20-12-7-8-13-21(20)31(25)5;1-26(2)19-11-5-7-13-21(19)29(4)24(26)17-16-18-10-9-15-23-25(18)27-20-12-6-8-14-22(20)28(23)3;2-1(3,4)8(5,6)7;;;/h7-18H,6H2,1-5H3;5-17H,1-4H3;(H,5,6,7);3*1H/q2*+2;;;;/p-4. The molecule has 0 spiro atoms. The van der Waals surface area contributed by atoms with Crippen molar-refractivity contribution in [2.45, 2.75) is 51.0 Å². The zero-order chi connectivity index (χ0) is 49.6. The summed E-state index contributed by atoms with van der Waals surface area (Å²) in [6, 6.07) is 44.5. The fourth-order valence-corrected chi connectivity index (χ4v) is 9.59. The molecule has 72 heavy (non-hydrogen) atoms. The van der Waals surface area contributed by atoms with Crippen LogP contribution >= 0.6 is 0 Å². The third kappa shape index (κ3) is 10.6. The number of benzene rings is 6. The summed E-state index contributed by atoms with van der Waals surface area (Å²) < 4.78 is 73.8. The molecule has 0 unspecified atom stereocenters. The number of aryl methyl sites for hydroxylation is 2. The number of para-hydroxylation sites is 7. The molecule has 10 nitrogen and oxygen atoms in total. The minimum Gasteiger partial charge on any atom is -1.00 e. The van der Waals surface area contributed by atoms with Crippen LogP contribution in [-0.4, -0.2) is 69.7 Å². The van der Waals surface area contributed by atoms with Crippen molar-refractivity contribution in [3.63, 3.8) is 0 Å². The van der Waals surface area contributed by atoms with Crippen LogP contribution in [0.15, 0.2) is 140 Å². The molecular weight excluding hydrogens is 1100 g/mol. The van der Waals surface area contributed by atoms with Crippen LogP contribution < -0.4 is 62.7 Å². The Morgan fingerprint density at radius 2 is 0.958 bits per heavy atom.